The van der Waals surface area contributed by atoms with Crippen molar-refractivity contribution in [1.82, 2.24) is 4.98 Å². The Morgan fingerprint density at radius 2 is 1.95 bits per heavy atom. The molecule has 19 heavy (non-hydrogen) atoms. The third kappa shape index (κ3) is 1.75. The zero-order valence-corrected chi connectivity index (χ0v) is 10.7. The van der Waals surface area contributed by atoms with Crippen LogP contribution in [0.4, 0.5) is 13.2 Å². The van der Waals surface area contributed by atoms with E-state index in [0.717, 1.165) is 6.07 Å². The van der Waals surface area contributed by atoms with E-state index < -0.39 is 23.6 Å². The fraction of sp³-hybridized carbons (Fsp3) is 0.429. The van der Waals surface area contributed by atoms with Crippen molar-refractivity contribution in [2.45, 2.75) is 32.8 Å². The molecule has 102 valence electrons. The first-order valence-corrected chi connectivity index (χ1v) is 6.16. The van der Waals surface area contributed by atoms with Crippen molar-refractivity contribution in [3.05, 3.63) is 34.8 Å². The number of fused-ring (bicyclic) bond motifs is 3. The zero-order chi connectivity index (χ0) is 13.9. The minimum absolute atomic E-state index is 0.0306. The van der Waals surface area contributed by atoms with Gasteiger partial charge in [-0.1, -0.05) is 13.8 Å². The molecule has 2 aromatic rings. The number of hydrogen-bond donors (Lipinski definition) is 2. The SMILES string of the molecule is CC1(C)Cc2[nH]c3cc(F)c(F)c(F)c3c2C(O)C1. The van der Waals surface area contributed by atoms with E-state index in [1.807, 2.05) is 13.8 Å². The average molecular weight is 269 g/mol. The molecule has 0 saturated heterocycles. The molecule has 0 spiro atoms. The molecule has 0 amide bonds. The lowest BCUT2D eigenvalue weighted by atomic mass is 9.75. The first-order chi connectivity index (χ1) is 8.80. The van der Waals surface area contributed by atoms with Crippen LogP contribution in [0.15, 0.2) is 6.07 Å². The second kappa shape index (κ2) is 3.76. The van der Waals surface area contributed by atoms with Crippen LogP contribution in [0.25, 0.3) is 10.9 Å². The molecule has 1 heterocycles. The second-order valence-corrected chi connectivity index (χ2v) is 5.99. The van der Waals surface area contributed by atoms with Crippen LogP contribution in [0, 0.1) is 22.9 Å². The first kappa shape index (κ1) is 12.5. The van der Waals surface area contributed by atoms with Gasteiger partial charge in [0.05, 0.1) is 11.6 Å². The van der Waals surface area contributed by atoms with Crippen molar-refractivity contribution in [2.24, 2.45) is 5.41 Å². The highest BCUT2D eigenvalue weighted by Gasteiger charge is 2.35. The van der Waals surface area contributed by atoms with Gasteiger partial charge < -0.3 is 10.1 Å². The third-order valence-corrected chi connectivity index (χ3v) is 3.78. The molecule has 3 rings (SSSR count). The van der Waals surface area contributed by atoms with Gasteiger partial charge in [-0.15, -0.1) is 0 Å². The van der Waals surface area contributed by atoms with Crippen LogP contribution in [-0.2, 0) is 6.42 Å². The molecule has 1 aliphatic carbocycles. The summed E-state index contributed by atoms with van der Waals surface area (Å²) in [4.78, 5) is 2.90. The molecule has 1 aromatic carbocycles. The lowest BCUT2D eigenvalue weighted by Crippen LogP contribution is -2.25. The summed E-state index contributed by atoms with van der Waals surface area (Å²) in [7, 11) is 0. The molecule has 0 saturated carbocycles. The van der Waals surface area contributed by atoms with E-state index in [9.17, 15) is 18.3 Å². The second-order valence-electron chi connectivity index (χ2n) is 5.99. The first-order valence-electron chi connectivity index (χ1n) is 6.16. The number of aromatic nitrogens is 1. The third-order valence-electron chi connectivity index (χ3n) is 3.78. The quantitative estimate of drug-likeness (QED) is 0.704. The fourth-order valence-electron chi connectivity index (χ4n) is 3.02. The molecule has 0 fully saturated rings. The fourth-order valence-corrected chi connectivity index (χ4v) is 3.02. The van der Waals surface area contributed by atoms with E-state index in [1.54, 1.807) is 0 Å². The molecule has 0 bridgehead atoms. The van der Waals surface area contributed by atoms with Gasteiger partial charge in [0.2, 0.25) is 0 Å². The van der Waals surface area contributed by atoms with E-state index in [1.165, 1.54) is 0 Å². The standard InChI is InChI=1S/C14H14F3NO/c1-14(2)4-8-10(9(19)5-14)11-7(18-8)3-6(15)12(16)13(11)17/h3,9,18-19H,4-5H2,1-2H3. The monoisotopic (exact) mass is 269 g/mol. The van der Waals surface area contributed by atoms with Crippen molar-refractivity contribution >= 4 is 10.9 Å². The van der Waals surface area contributed by atoms with Crippen LogP contribution in [0.3, 0.4) is 0 Å². The van der Waals surface area contributed by atoms with Crippen molar-refractivity contribution in [1.29, 1.82) is 0 Å². The van der Waals surface area contributed by atoms with E-state index in [2.05, 4.69) is 4.98 Å². The van der Waals surface area contributed by atoms with Gasteiger partial charge in [-0.2, -0.15) is 0 Å². The number of rotatable bonds is 0. The van der Waals surface area contributed by atoms with Crippen LogP contribution in [0.2, 0.25) is 0 Å². The summed E-state index contributed by atoms with van der Waals surface area (Å²) in [6.45, 7) is 3.98. The van der Waals surface area contributed by atoms with Crippen molar-refractivity contribution in [2.75, 3.05) is 0 Å². The normalized spacial score (nSPS) is 21.7. The Kier molecular flexibility index (Phi) is 2.48. The summed E-state index contributed by atoms with van der Waals surface area (Å²) in [5.74, 6) is -3.95. The summed E-state index contributed by atoms with van der Waals surface area (Å²) >= 11 is 0. The number of benzene rings is 1. The molecule has 0 radical (unpaired) electrons. The van der Waals surface area contributed by atoms with Crippen LogP contribution in [0.1, 0.15) is 37.6 Å². The summed E-state index contributed by atoms with van der Waals surface area (Å²) in [6, 6.07) is 0.936. The Balaban J connectivity index is 2.34. The molecule has 5 heteroatoms. The van der Waals surface area contributed by atoms with E-state index >= 15 is 0 Å². The molecule has 1 aliphatic rings. The zero-order valence-electron chi connectivity index (χ0n) is 10.7. The highest BCUT2D eigenvalue weighted by molar-refractivity contribution is 5.86. The minimum atomic E-state index is -1.49. The summed E-state index contributed by atoms with van der Waals surface area (Å²) < 4.78 is 40.5. The number of aromatic amines is 1. The number of H-pyrrole nitrogens is 1. The maximum Gasteiger partial charge on any atom is 0.195 e. The predicted molar refractivity (Wildman–Crippen MR) is 65.2 cm³/mol. The molecule has 1 unspecified atom stereocenters. The molecule has 0 aliphatic heterocycles. The smallest absolute Gasteiger partial charge is 0.195 e. The van der Waals surface area contributed by atoms with Gasteiger partial charge in [-0.05, 0) is 18.3 Å². The van der Waals surface area contributed by atoms with E-state index in [-0.39, 0.29) is 16.3 Å². The van der Waals surface area contributed by atoms with Gasteiger partial charge in [-0.25, -0.2) is 13.2 Å². The lowest BCUT2D eigenvalue weighted by molar-refractivity contribution is 0.100. The molecule has 1 aromatic heterocycles. The Morgan fingerprint density at radius 3 is 2.63 bits per heavy atom. The molecule has 1 atom stereocenters. The topological polar surface area (TPSA) is 36.0 Å². The minimum Gasteiger partial charge on any atom is -0.388 e. The molecule has 2 nitrogen and oxygen atoms in total. The van der Waals surface area contributed by atoms with E-state index in [0.29, 0.717) is 24.1 Å². The van der Waals surface area contributed by atoms with Crippen LogP contribution in [0.5, 0.6) is 0 Å². The van der Waals surface area contributed by atoms with Gasteiger partial charge in [0.15, 0.2) is 17.5 Å². The van der Waals surface area contributed by atoms with Crippen molar-refractivity contribution in [3.63, 3.8) is 0 Å². The number of aliphatic hydroxyl groups excluding tert-OH is 1. The number of halogens is 3. The Hall–Kier alpha value is -1.49. The van der Waals surface area contributed by atoms with Crippen LogP contribution >= 0.6 is 0 Å². The number of aliphatic hydroxyl groups is 1. The summed E-state index contributed by atoms with van der Waals surface area (Å²) in [5.41, 5.74) is 1.08. The van der Waals surface area contributed by atoms with Gasteiger partial charge in [0.25, 0.3) is 0 Å². The average Bonchev–Trinajstić information content (AvgIpc) is 2.62. The highest BCUT2D eigenvalue weighted by atomic mass is 19.2. The maximum absolute atomic E-state index is 13.9. The Morgan fingerprint density at radius 1 is 1.26 bits per heavy atom. The largest absolute Gasteiger partial charge is 0.388 e. The summed E-state index contributed by atoms with van der Waals surface area (Å²) in [5, 5.41) is 10.1. The predicted octanol–water partition coefficient (Wildman–Crippen LogP) is 3.59. The van der Waals surface area contributed by atoms with Gasteiger partial charge >= 0.3 is 0 Å². The van der Waals surface area contributed by atoms with Gasteiger partial charge in [-0.3, -0.25) is 0 Å². The Labute approximate surface area is 108 Å². The van der Waals surface area contributed by atoms with Crippen molar-refractivity contribution in [3.8, 4) is 0 Å². The van der Waals surface area contributed by atoms with Crippen LogP contribution in [-0.4, -0.2) is 10.1 Å². The van der Waals surface area contributed by atoms with Gasteiger partial charge in [0, 0.05) is 22.7 Å². The lowest BCUT2D eigenvalue weighted by Gasteiger charge is -2.32. The van der Waals surface area contributed by atoms with Gasteiger partial charge in [0.1, 0.15) is 0 Å². The maximum atomic E-state index is 13.9. The van der Waals surface area contributed by atoms with Crippen LogP contribution < -0.4 is 0 Å². The molecular formula is C14H14F3NO. The highest BCUT2D eigenvalue weighted by Crippen LogP contribution is 2.44. The molecular weight excluding hydrogens is 255 g/mol. The number of nitrogens with one attached hydrogen (secondary N) is 1. The van der Waals surface area contributed by atoms with Crippen molar-refractivity contribution < 1.29 is 18.3 Å². The summed E-state index contributed by atoms with van der Waals surface area (Å²) in [6.07, 6.45) is 0.203. The Bertz CT molecular complexity index is 675. The number of hydrogen-bond acceptors (Lipinski definition) is 1. The van der Waals surface area contributed by atoms with E-state index in [4.69, 9.17) is 0 Å². The molecule has 2 N–H and O–H groups in total.